The second-order valence-corrected chi connectivity index (χ2v) is 5.13. The highest BCUT2D eigenvalue weighted by Crippen LogP contribution is 2.16. The molecule has 100 valence electrons. The molecule has 1 aromatic heterocycles. The molecule has 1 rings (SSSR count). The summed E-state index contributed by atoms with van der Waals surface area (Å²) >= 11 is 0. The van der Waals surface area contributed by atoms with Gasteiger partial charge in [0.1, 0.15) is 11.8 Å². The topological polar surface area (TPSA) is 61.0 Å². The van der Waals surface area contributed by atoms with E-state index in [0.29, 0.717) is 12.2 Å². The van der Waals surface area contributed by atoms with Crippen molar-refractivity contribution in [3.8, 4) is 6.07 Å². The molecule has 0 amide bonds. The molecule has 0 aromatic carbocycles. The Balaban J connectivity index is 2.78. The lowest BCUT2D eigenvalue weighted by molar-refractivity contribution is 0.163. The van der Waals surface area contributed by atoms with Crippen molar-refractivity contribution in [3.63, 3.8) is 0 Å². The second kappa shape index (κ2) is 6.03. The summed E-state index contributed by atoms with van der Waals surface area (Å²) in [5.74, 6) is 0. The first kappa shape index (κ1) is 14.7. The highest BCUT2D eigenvalue weighted by atomic mass is 16.3. The third-order valence-corrected chi connectivity index (χ3v) is 3.61. The zero-order chi connectivity index (χ0) is 13.8. The molecule has 2 N–H and O–H groups in total. The first-order valence-electron chi connectivity index (χ1n) is 6.38. The first-order valence-corrected chi connectivity index (χ1v) is 6.38. The molecule has 0 aliphatic rings. The monoisotopic (exact) mass is 249 g/mol. The van der Waals surface area contributed by atoms with Crippen LogP contribution in [0, 0.1) is 18.3 Å². The third kappa shape index (κ3) is 3.12. The Kier molecular flexibility index (Phi) is 4.94. The quantitative estimate of drug-likeness (QED) is 0.808. The van der Waals surface area contributed by atoms with Gasteiger partial charge in [-0.3, -0.25) is 0 Å². The number of hydrogen-bond donors (Lipinski definition) is 2. The minimum Gasteiger partial charge on any atom is -0.394 e. The van der Waals surface area contributed by atoms with Crippen LogP contribution in [-0.4, -0.2) is 21.8 Å². The van der Waals surface area contributed by atoms with Crippen LogP contribution in [0.1, 0.15) is 43.6 Å². The maximum absolute atomic E-state index is 9.45. The fraction of sp³-hybridized carbons (Fsp3) is 0.643. The smallest absolute Gasteiger partial charge is 0.120 e. The van der Waals surface area contributed by atoms with E-state index in [1.807, 2.05) is 31.5 Å². The van der Waals surface area contributed by atoms with Crippen LogP contribution < -0.4 is 5.32 Å². The van der Waals surface area contributed by atoms with E-state index >= 15 is 0 Å². The van der Waals surface area contributed by atoms with Gasteiger partial charge >= 0.3 is 0 Å². The van der Waals surface area contributed by atoms with E-state index in [1.165, 1.54) is 0 Å². The molecule has 1 unspecified atom stereocenters. The van der Waals surface area contributed by atoms with Crippen molar-refractivity contribution >= 4 is 0 Å². The van der Waals surface area contributed by atoms with Gasteiger partial charge in [-0.15, -0.1) is 0 Å². The molecular weight excluding hydrogens is 226 g/mol. The van der Waals surface area contributed by atoms with Crippen molar-refractivity contribution in [2.24, 2.45) is 7.05 Å². The van der Waals surface area contributed by atoms with Gasteiger partial charge in [0.15, 0.2) is 0 Å². The number of aliphatic hydroxyl groups excluding tert-OH is 1. The SMILES string of the molecule is CCCC(C)(CO)NCc1cc(C#N)n(C)c1C. The van der Waals surface area contributed by atoms with E-state index in [4.69, 9.17) is 5.26 Å². The Hall–Kier alpha value is -1.31. The molecule has 0 saturated heterocycles. The predicted molar refractivity (Wildman–Crippen MR) is 72.1 cm³/mol. The van der Waals surface area contributed by atoms with Gasteiger partial charge in [0, 0.05) is 24.8 Å². The van der Waals surface area contributed by atoms with E-state index in [0.717, 1.165) is 24.1 Å². The Bertz CT molecular complexity index is 445. The van der Waals surface area contributed by atoms with E-state index in [-0.39, 0.29) is 12.1 Å². The van der Waals surface area contributed by atoms with Crippen molar-refractivity contribution in [1.29, 1.82) is 5.26 Å². The van der Waals surface area contributed by atoms with Crippen molar-refractivity contribution < 1.29 is 5.11 Å². The summed E-state index contributed by atoms with van der Waals surface area (Å²) < 4.78 is 1.90. The number of rotatable bonds is 6. The lowest BCUT2D eigenvalue weighted by Crippen LogP contribution is -2.45. The molecule has 0 radical (unpaired) electrons. The van der Waals surface area contributed by atoms with E-state index in [2.05, 4.69) is 18.3 Å². The Labute approximate surface area is 109 Å². The summed E-state index contributed by atoms with van der Waals surface area (Å²) in [4.78, 5) is 0. The van der Waals surface area contributed by atoms with Crippen molar-refractivity contribution in [3.05, 3.63) is 23.0 Å². The lowest BCUT2D eigenvalue weighted by atomic mass is 9.97. The van der Waals surface area contributed by atoms with Crippen LogP contribution in [0.5, 0.6) is 0 Å². The summed E-state index contributed by atoms with van der Waals surface area (Å²) in [6.07, 6.45) is 1.96. The minimum atomic E-state index is -0.246. The normalized spacial score (nSPS) is 14.2. The average molecular weight is 249 g/mol. The van der Waals surface area contributed by atoms with Gasteiger partial charge in [0.2, 0.25) is 0 Å². The largest absolute Gasteiger partial charge is 0.394 e. The van der Waals surface area contributed by atoms with Crippen LogP contribution in [0.2, 0.25) is 0 Å². The number of nitrogens with one attached hydrogen (secondary N) is 1. The molecule has 1 atom stereocenters. The molecule has 0 saturated carbocycles. The number of hydrogen-bond acceptors (Lipinski definition) is 3. The van der Waals surface area contributed by atoms with Crippen LogP contribution in [0.25, 0.3) is 0 Å². The van der Waals surface area contributed by atoms with Crippen molar-refractivity contribution in [1.82, 2.24) is 9.88 Å². The van der Waals surface area contributed by atoms with E-state index in [1.54, 1.807) is 0 Å². The molecule has 0 bridgehead atoms. The van der Waals surface area contributed by atoms with Gasteiger partial charge in [-0.05, 0) is 31.9 Å². The molecule has 0 aliphatic carbocycles. The summed E-state index contributed by atoms with van der Waals surface area (Å²) in [7, 11) is 1.90. The maximum Gasteiger partial charge on any atom is 0.120 e. The van der Waals surface area contributed by atoms with Crippen LogP contribution >= 0.6 is 0 Å². The number of aromatic nitrogens is 1. The standard InChI is InChI=1S/C14H23N3O/c1-5-6-14(3,10-18)16-9-12-7-13(8-15)17(4)11(12)2/h7,16,18H,5-6,9-10H2,1-4H3. The van der Waals surface area contributed by atoms with Crippen LogP contribution in [0.3, 0.4) is 0 Å². The molecule has 18 heavy (non-hydrogen) atoms. The summed E-state index contributed by atoms with van der Waals surface area (Å²) in [5, 5.41) is 21.8. The lowest BCUT2D eigenvalue weighted by Gasteiger charge is -2.28. The molecule has 0 fully saturated rings. The van der Waals surface area contributed by atoms with Crippen molar-refractivity contribution in [2.75, 3.05) is 6.61 Å². The molecule has 1 heterocycles. The van der Waals surface area contributed by atoms with E-state index < -0.39 is 0 Å². The Morgan fingerprint density at radius 3 is 2.67 bits per heavy atom. The van der Waals surface area contributed by atoms with Crippen LogP contribution in [0.4, 0.5) is 0 Å². The minimum absolute atomic E-state index is 0.123. The van der Waals surface area contributed by atoms with Gasteiger partial charge in [-0.2, -0.15) is 5.26 Å². The average Bonchev–Trinajstić information content (AvgIpc) is 2.64. The van der Waals surface area contributed by atoms with Crippen LogP contribution in [-0.2, 0) is 13.6 Å². The highest BCUT2D eigenvalue weighted by molar-refractivity contribution is 5.34. The molecular formula is C14H23N3O. The van der Waals surface area contributed by atoms with Gasteiger partial charge in [0.05, 0.1) is 6.61 Å². The Morgan fingerprint density at radius 2 is 2.22 bits per heavy atom. The fourth-order valence-electron chi connectivity index (χ4n) is 2.13. The highest BCUT2D eigenvalue weighted by Gasteiger charge is 2.22. The van der Waals surface area contributed by atoms with Gasteiger partial charge in [-0.1, -0.05) is 13.3 Å². The van der Waals surface area contributed by atoms with Crippen LogP contribution in [0.15, 0.2) is 6.07 Å². The Morgan fingerprint density at radius 1 is 1.56 bits per heavy atom. The molecule has 0 spiro atoms. The van der Waals surface area contributed by atoms with E-state index in [9.17, 15) is 5.11 Å². The summed E-state index contributed by atoms with van der Waals surface area (Å²) in [5.41, 5.74) is 2.63. The van der Waals surface area contributed by atoms with Gasteiger partial charge < -0.3 is 15.0 Å². The number of nitrogens with zero attached hydrogens (tertiary/aromatic N) is 2. The summed E-state index contributed by atoms with van der Waals surface area (Å²) in [6.45, 7) is 6.95. The molecule has 0 aliphatic heterocycles. The number of nitriles is 1. The predicted octanol–water partition coefficient (Wildman–Crippen LogP) is 1.85. The second-order valence-electron chi connectivity index (χ2n) is 5.13. The fourth-order valence-corrected chi connectivity index (χ4v) is 2.13. The number of aliphatic hydroxyl groups is 1. The van der Waals surface area contributed by atoms with Gasteiger partial charge in [-0.25, -0.2) is 0 Å². The van der Waals surface area contributed by atoms with Gasteiger partial charge in [0.25, 0.3) is 0 Å². The first-order chi connectivity index (χ1) is 8.47. The molecule has 1 aromatic rings. The molecule has 4 nitrogen and oxygen atoms in total. The maximum atomic E-state index is 9.45. The zero-order valence-electron chi connectivity index (χ0n) is 11.7. The zero-order valence-corrected chi connectivity index (χ0v) is 11.7. The molecule has 4 heteroatoms. The third-order valence-electron chi connectivity index (χ3n) is 3.61. The summed E-state index contributed by atoms with van der Waals surface area (Å²) in [6, 6.07) is 4.09. The van der Waals surface area contributed by atoms with Crippen molar-refractivity contribution in [2.45, 2.75) is 45.7 Å².